The van der Waals surface area contributed by atoms with Crippen molar-refractivity contribution in [3.05, 3.63) is 28.8 Å². The van der Waals surface area contributed by atoms with Crippen LogP contribution in [-0.4, -0.2) is 11.7 Å². The maximum absolute atomic E-state index is 11.1. The van der Waals surface area contributed by atoms with Crippen LogP contribution in [-0.2, 0) is 5.41 Å². The van der Waals surface area contributed by atoms with Crippen LogP contribution in [0.4, 0.5) is 0 Å². The van der Waals surface area contributed by atoms with Gasteiger partial charge in [-0.25, -0.2) is 0 Å². The fraction of sp³-hybridized carbons (Fsp3) is 0.692. The Hall–Kier alpha value is -1.44. The van der Waals surface area contributed by atoms with Gasteiger partial charge in [0, 0.05) is 5.41 Å². The van der Waals surface area contributed by atoms with E-state index in [2.05, 4.69) is 47.6 Å². The van der Waals surface area contributed by atoms with Crippen molar-refractivity contribution in [1.82, 2.24) is 0 Å². The Labute approximate surface area is 172 Å². The summed E-state index contributed by atoms with van der Waals surface area (Å²) in [6, 6.07) is 4.24. The molecule has 2 nitrogen and oxygen atoms in total. The van der Waals surface area contributed by atoms with Gasteiger partial charge in [0.25, 0.3) is 0 Å². The van der Waals surface area contributed by atoms with Gasteiger partial charge in [-0.05, 0) is 60.3 Å². The molecular weight excluding hydrogens is 344 g/mol. The topological polar surface area (TPSA) is 29.5 Å². The lowest BCUT2D eigenvalue weighted by Gasteiger charge is -2.33. The van der Waals surface area contributed by atoms with E-state index in [4.69, 9.17) is 4.74 Å². The third kappa shape index (κ3) is 4.26. The van der Waals surface area contributed by atoms with E-state index in [-0.39, 0.29) is 10.8 Å². The molecule has 28 heavy (non-hydrogen) atoms. The van der Waals surface area contributed by atoms with Gasteiger partial charge in [0.1, 0.15) is 11.5 Å². The molecule has 0 saturated heterocycles. The van der Waals surface area contributed by atoms with Gasteiger partial charge in [-0.1, -0.05) is 72.8 Å². The number of ether oxygens (including phenoxy) is 1. The Morgan fingerprint density at radius 2 is 1.93 bits per heavy atom. The van der Waals surface area contributed by atoms with E-state index in [0.717, 1.165) is 30.6 Å². The zero-order chi connectivity index (χ0) is 20.5. The first kappa shape index (κ1) is 21.3. The summed E-state index contributed by atoms with van der Waals surface area (Å²) in [7, 11) is 0. The molecule has 1 aliphatic heterocycles. The molecule has 0 bridgehead atoms. The Morgan fingerprint density at radius 3 is 2.64 bits per heavy atom. The second-order valence-corrected chi connectivity index (χ2v) is 10.5. The lowest BCUT2D eigenvalue weighted by Crippen LogP contribution is -2.25. The Balaban J connectivity index is 1.98. The lowest BCUT2D eigenvalue weighted by atomic mass is 9.71. The molecule has 3 rings (SSSR count). The van der Waals surface area contributed by atoms with E-state index < -0.39 is 0 Å². The smallest absolute Gasteiger partial charge is 0.130 e. The molecule has 1 aromatic rings. The zero-order valence-corrected chi connectivity index (χ0v) is 19.0. The van der Waals surface area contributed by atoms with E-state index in [9.17, 15) is 5.11 Å². The van der Waals surface area contributed by atoms with Crippen LogP contribution in [0.1, 0.15) is 104 Å². The molecule has 1 aromatic carbocycles. The predicted molar refractivity (Wildman–Crippen MR) is 119 cm³/mol. The summed E-state index contributed by atoms with van der Waals surface area (Å²) >= 11 is 0. The van der Waals surface area contributed by atoms with Gasteiger partial charge in [0.2, 0.25) is 0 Å². The molecule has 1 heterocycles. The number of rotatable bonds is 6. The van der Waals surface area contributed by atoms with Gasteiger partial charge in [-0.15, -0.1) is 0 Å². The van der Waals surface area contributed by atoms with Crippen molar-refractivity contribution in [1.29, 1.82) is 0 Å². The summed E-state index contributed by atoms with van der Waals surface area (Å²) in [5, 5.41) is 11.1. The first-order valence-corrected chi connectivity index (χ1v) is 11.4. The molecule has 2 heteroatoms. The van der Waals surface area contributed by atoms with Crippen LogP contribution in [0.2, 0.25) is 0 Å². The highest BCUT2D eigenvalue weighted by molar-refractivity contribution is 5.80. The number of hydrogen-bond acceptors (Lipinski definition) is 2. The van der Waals surface area contributed by atoms with E-state index in [1.807, 2.05) is 6.07 Å². The molecule has 156 valence electrons. The van der Waals surface area contributed by atoms with Crippen molar-refractivity contribution in [2.45, 2.75) is 98.3 Å². The van der Waals surface area contributed by atoms with Crippen molar-refractivity contribution in [2.75, 3.05) is 6.61 Å². The minimum absolute atomic E-state index is 0.0246. The number of unbranched alkanes of at least 4 members (excludes halogenated alkanes) is 3. The van der Waals surface area contributed by atoms with Crippen molar-refractivity contribution in [3.8, 4) is 11.5 Å². The van der Waals surface area contributed by atoms with Gasteiger partial charge in [0.15, 0.2) is 0 Å². The first-order valence-electron chi connectivity index (χ1n) is 11.4. The van der Waals surface area contributed by atoms with Gasteiger partial charge in [-0.2, -0.15) is 0 Å². The maximum atomic E-state index is 11.1. The van der Waals surface area contributed by atoms with Crippen LogP contribution in [0, 0.1) is 11.3 Å². The third-order valence-electron chi connectivity index (χ3n) is 7.03. The zero-order valence-electron chi connectivity index (χ0n) is 19.0. The minimum Gasteiger partial charge on any atom is -0.507 e. The van der Waals surface area contributed by atoms with Crippen LogP contribution in [0.25, 0.3) is 5.57 Å². The largest absolute Gasteiger partial charge is 0.507 e. The van der Waals surface area contributed by atoms with Crippen molar-refractivity contribution >= 4 is 5.57 Å². The highest BCUT2D eigenvalue weighted by Crippen LogP contribution is 2.51. The number of allylic oxidation sites excluding steroid dienone is 1. The molecule has 0 amide bonds. The summed E-state index contributed by atoms with van der Waals surface area (Å²) < 4.78 is 6.35. The van der Waals surface area contributed by atoms with E-state index in [0.29, 0.717) is 18.3 Å². The van der Waals surface area contributed by atoms with E-state index >= 15 is 0 Å². The second-order valence-electron chi connectivity index (χ2n) is 10.5. The fourth-order valence-electron chi connectivity index (χ4n) is 5.01. The molecule has 2 aliphatic rings. The average Bonchev–Trinajstić information content (AvgIpc) is 2.73. The fourth-order valence-corrected chi connectivity index (χ4v) is 5.01. The maximum Gasteiger partial charge on any atom is 0.130 e. The van der Waals surface area contributed by atoms with Crippen LogP contribution in [0.5, 0.6) is 11.5 Å². The van der Waals surface area contributed by atoms with Crippen LogP contribution >= 0.6 is 0 Å². The molecule has 1 atom stereocenters. The molecular formula is C26H40O2. The number of benzene rings is 1. The monoisotopic (exact) mass is 384 g/mol. The van der Waals surface area contributed by atoms with Crippen molar-refractivity contribution < 1.29 is 9.84 Å². The Kier molecular flexibility index (Phi) is 6.17. The molecule has 0 spiro atoms. The van der Waals surface area contributed by atoms with Gasteiger partial charge in [-0.3, -0.25) is 0 Å². The molecule has 1 N–H and O–H groups in total. The molecule has 0 radical (unpaired) electrons. The SMILES string of the molecule is CCCCCCC(C)(C)c1cc(O)c2c(c1)OCC(C)(C)C1=C2CC(C)CC1. The molecule has 0 fully saturated rings. The summed E-state index contributed by atoms with van der Waals surface area (Å²) in [6.07, 6.45) is 9.63. The number of aromatic hydroxyl groups is 1. The van der Waals surface area contributed by atoms with Crippen molar-refractivity contribution in [3.63, 3.8) is 0 Å². The average molecular weight is 385 g/mol. The predicted octanol–water partition coefficient (Wildman–Crippen LogP) is 7.63. The third-order valence-corrected chi connectivity index (χ3v) is 7.03. The van der Waals surface area contributed by atoms with Gasteiger partial charge < -0.3 is 9.84 Å². The molecule has 1 aliphatic carbocycles. The summed E-state index contributed by atoms with van der Waals surface area (Å²) in [5.74, 6) is 1.96. The number of phenols is 1. The Bertz CT molecular complexity index is 739. The normalized spacial score (nSPS) is 21.6. The van der Waals surface area contributed by atoms with Crippen LogP contribution < -0.4 is 4.74 Å². The van der Waals surface area contributed by atoms with Crippen LogP contribution in [0.3, 0.4) is 0 Å². The van der Waals surface area contributed by atoms with E-state index in [1.165, 1.54) is 48.8 Å². The first-order chi connectivity index (χ1) is 13.2. The van der Waals surface area contributed by atoms with Crippen molar-refractivity contribution in [2.24, 2.45) is 11.3 Å². The van der Waals surface area contributed by atoms with Gasteiger partial charge in [0.05, 0.1) is 12.2 Å². The standard InChI is InChI=1S/C26H40O2/c1-7-8-9-10-13-25(3,4)19-15-22(27)24-20-14-18(2)11-12-21(20)26(5,6)17-28-23(24)16-19/h15-16,18,27H,7-14,17H2,1-6H3. The lowest BCUT2D eigenvalue weighted by molar-refractivity contribution is 0.209. The second kappa shape index (κ2) is 8.13. The highest BCUT2D eigenvalue weighted by atomic mass is 16.5. The minimum atomic E-state index is 0.0246. The molecule has 0 saturated carbocycles. The molecule has 1 unspecified atom stereocenters. The van der Waals surface area contributed by atoms with Gasteiger partial charge >= 0.3 is 0 Å². The highest BCUT2D eigenvalue weighted by Gasteiger charge is 2.36. The summed E-state index contributed by atoms with van der Waals surface area (Å²) in [4.78, 5) is 0. The summed E-state index contributed by atoms with van der Waals surface area (Å²) in [5.41, 5.74) is 5.08. The number of fused-ring (bicyclic) bond motifs is 2. The quantitative estimate of drug-likeness (QED) is 0.511. The summed E-state index contributed by atoms with van der Waals surface area (Å²) in [6.45, 7) is 14.4. The number of phenolic OH excluding ortho intramolecular Hbond substituents is 1. The Morgan fingerprint density at radius 1 is 1.18 bits per heavy atom. The van der Waals surface area contributed by atoms with Crippen LogP contribution in [0.15, 0.2) is 17.7 Å². The van der Waals surface area contributed by atoms with E-state index in [1.54, 1.807) is 0 Å². The molecule has 0 aromatic heterocycles. The number of hydrogen-bond donors (Lipinski definition) is 1.